The molecule has 0 N–H and O–H groups in total. The highest BCUT2D eigenvalue weighted by Gasteiger charge is 2.25. The smallest absolute Gasteiger partial charge is 0.147 e. The average Bonchev–Trinajstić information content (AvgIpc) is 2.71. The van der Waals surface area contributed by atoms with Crippen LogP contribution in [0, 0.1) is 0 Å². The molecular formula is C23H26O3. The highest BCUT2D eigenvalue weighted by molar-refractivity contribution is 5.91. The van der Waals surface area contributed by atoms with Crippen LogP contribution in [0.5, 0.6) is 11.5 Å². The number of Topliss-reactive ketones (excluding diaryl/α,β-unsaturated/α-hetero) is 1. The first-order valence-corrected chi connectivity index (χ1v) is 9.68. The van der Waals surface area contributed by atoms with E-state index < -0.39 is 0 Å². The quantitative estimate of drug-likeness (QED) is 0.793. The average molecular weight is 350 g/mol. The van der Waals surface area contributed by atoms with E-state index in [-0.39, 0.29) is 17.6 Å². The van der Waals surface area contributed by atoms with Crippen LogP contribution in [0.3, 0.4) is 0 Å². The molecule has 0 aromatic heterocycles. The minimum atomic E-state index is -0.121. The van der Waals surface area contributed by atoms with Gasteiger partial charge in [-0.05, 0) is 60.1 Å². The topological polar surface area (TPSA) is 35.5 Å². The summed E-state index contributed by atoms with van der Waals surface area (Å²) < 4.78 is 11.4. The zero-order valence-electron chi connectivity index (χ0n) is 15.6. The van der Waals surface area contributed by atoms with Crippen LogP contribution in [-0.2, 0) is 17.6 Å². The van der Waals surface area contributed by atoms with E-state index in [1.54, 1.807) is 0 Å². The van der Waals surface area contributed by atoms with Crippen molar-refractivity contribution in [1.29, 1.82) is 0 Å². The van der Waals surface area contributed by atoms with Crippen molar-refractivity contribution in [2.75, 3.05) is 13.2 Å². The molecule has 3 heteroatoms. The minimum Gasteiger partial charge on any atom is -0.493 e. The van der Waals surface area contributed by atoms with E-state index in [0.717, 1.165) is 61.5 Å². The monoisotopic (exact) mass is 350 g/mol. The molecule has 0 radical (unpaired) electrons. The normalized spacial score (nSPS) is 17.9. The van der Waals surface area contributed by atoms with Gasteiger partial charge in [-0.25, -0.2) is 0 Å². The summed E-state index contributed by atoms with van der Waals surface area (Å²) >= 11 is 0. The molecule has 0 fully saturated rings. The Morgan fingerprint density at radius 3 is 1.73 bits per heavy atom. The Kier molecular flexibility index (Phi) is 4.71. The van der Waals surface area contributed by atoms with Gasteiger partial charge in [0.1, 0.15) is 17.3 Å². The number of benzene rings is 2. The molecular weight excluding hydrogens is 324 g/mol. The van der Waals surface area contributed by atoms with Crippen molar-refractivity contribution in [3.63, 3.8) is 0 Å². The summed E-state index contributed by atoms with van der Waals surface area (Å²) in [4.78, 5) is 13.1. The van der Waals surface area contributed by atoms with Crippen LogP contribution >= 0.6 is 0 Å². The summed E-state index contributed by atoms with van der Waals surface area (Å²) in [7, 11) is 0. The molecule has 26 heavy (non-hydrogen) atoms. The molecule has 0 aliphatic carbocycles. The summed E-state index contributed by atoms with van der Waals surface area (Å²) in [6.45, 7) is 5.62. The van der Waals surface area contributed by atoms with Gasteiger partial charge >= 0.3 is 0 Å². The Balaban J connectivity index is 1.54. The summed E-state index contributed by atoms with van der Waals surface area (Å²) in [5, 5.41) is 0. The molecule has 3 nitrogen and oxygen atoms in total. The number of aryl methyl sites for hydroxylation is 2. The fraction of sp³-hybridized carbons (Fsp3) is 0.435. The second-order valence-corrected chi connectivity index (χ2v) is 7.48. The Bertz CT molecular complexity index is 757. The van der Waals surface area contributed by atoms with E-state index in [0.29, 0.717) is 0 Å². The molecule has 0 saturated carbocycles. The van der Waals surface area contributed by atoms with E-state index in [1.807, 2.05) is 38.1 Å². The predicted molar refractivity (Wildman–Crippen MR) is 102 cm³/mol. The lowest BCUT2D eigenvalue weighted by Gasteiger charge is -2.22. The first kappa shape index (κ1) is 17.1. The molecule has 2 aliphatic rings. The third-order valence-electron chi connectivity index (χ3n) is 5.72. The molecule has 4 rings (SSSR count). The number of carbonyl (C=O) groups excluding carboxylic acids is 1. The molecule has 0 amide bonds. The van der Waals surface area contributed by atoms with Gasteiger partial charge in [0, 0.05) is 11.8 Å². The van der Waals surface area contributed by atoms with Gasteiger partial charge in [-0.2, -0.15) is 0 Å². The second-order valence-electron chi connectivity index (χ2n) is 7.48. The minimum absolute atomic E-state index is 0.121. The van der Waals surface area contributed by atoms with Crippen molar-refractivity contribution in [2.45, 2.75) is 51.4 Å². The molecule has 2 heterocycles. The maximum absolute atomic E-state index is 13.1. The van der Waals surface area contributed by atoms with Crippen molar-refractivity contribution in [1.82, 2.24) is 0 Å². The molecule has 0 spiro atoms. The Hall–Kier alpha value is -2.29. The third-order valence-corrected chi connectivity index (χ3v) is 5.72. The molecule has 2 atom stereocenters. The Labute approximate surface area is 155 Å². The largest absolute Gasteiger partial charge is 0.493 e. The molecule has 2 aromatic rings. The molecule has 0 bridgehead atoms. The maximum atomic E-state index is 13.1. The van der Waals surface area contributed by atoms with E-state index in [1.165, 1.54) is 11.1 Å². The van der Waals surface area contributed by atoms with Crippen molar-refractivity contribution < 1.29 is 14.3 Å². The van der Waals surface area contributed by atoms with Crippen molar-refractivity contribution >= 4 is 5.78 Å². The zero-order valence-corrected chi connectivity index (χ0v) is 15.6. The van der Waals surface area contributed by atoms with Crippen LogP contribution in [0.1, 0.15) is 60.8 Å². The third kappa shape index (κ3) is 3.23. The van der Waals surface area contributed by atoms with Crippen LogP contribution in [-0.4, -0.2) is 19.0 Å². The molecule has 136 valence electrons. The van der Waals surface area contributed by atoms with Gasteiger partial charge in [0.2, 0.25) is 0 Å². The van der Waals surface area contributed by atoms with Gasteiger partial charge < -0.3 is 9.47 Å². The summed E-state index contributed by atoms with van der Waals surface area (Å²) in [6.07, 6.45) is 4.16. The predicted octanol–water partition coefficient (Wildman–Crippen LogP) is 4.81. The van der Waals surface area contributed by atoms with Gasteiger partial charge in [0.15, 0.2) is 0 Å². The SMILES string of the molecule is CC(C(=O)C(C)c1ccc2c(c1)CCCO2)c1ccc2c(c1)CCCO2. The Morgan fingerprint density at radius 1 is 0.808 bits per heavy atom. The standard InChI is InChI=1S/C23H26O3/c1-15(17-7-9-21-19(13-17)5-3-11-25-21)23(24)16(2)18-8-10-22-20(14-18)6-4-12-26-22/h7-10,13-16H,3-6,11-12H2,1-2H3. The first-order valence-electron chi connectivity index (χ1n) is 9.68. The summed E-state index contributed by atoms with van der Waals surface area (Å²) in [5.74, 6) is 1.97. The number of hydrogen-bond acceptors (Lipinski definition) is 3. The number of rotatable bonds is 4. The van der Waals surface area contributed by atoms with Crippen LogP contribution in [0.2, 0.25) is 0 Å². The maximum Gasteiger partial charge on any atom is 0.147 e. The van der Waals surface area contributed by atoms with Gasteiger partial charge in [-0.3, -0.25) is 4.79 Å². The van der Waals surface area contributed by atoms with Crippen LogP contribution < -0.4 is 9.47 Å². The van der Waals surface area contributed by atoms with Gasteiger partial charge in [0.05, 0.1) is 13.2 Å². The molecule has 2 unspecified atom stereocenters. The van der Waals surface area contributed by atoms with Gasteiger partial charge in [0.25, 0.3) is 0 Å². The van der Waals surface area contributed by atoms with Gasteiger partial charge in [-0.15, -0.1) is 0 Å². The summed E-state index contributed by atoms with van der Waals surface area (Å²) in [5.41, 5.74) is 4.64. The fourth-order valence-corrected chi connectivity index (χ4v) is 4.00. The first-order chi connectivity index (χ1) is 12.6. The van der Waals surface area contributed by atoms with Gasteiger partial charge in [-0.1, -0.05) is 38.1 Å². The van der Waals surface area contributed by atoms with Crippen LogP contribution in [0.4, 0.5) is 0 Å². The highest BCUT2D eigenvalue weighted by Crippen LogP contribution is 2.33. The van der Waals surface area contributed by atoms with Crippen molar-refractivity contribution in [2.24, 2.45) is 0 Å². The van der Waals surface area contributed by atoms with E-state index >= 15 is 0 Å². The number of carbonyl (C=O) groups is 1. The zero-order chi connectivity index (χ0) is 18.1. The number of ketones is 1. The number of fused-ring (bicyclic) bond motifs is 2. The number of hydrogen-bond donors (Lipinski definition) is 0. The van der Waals surface area contributed by atoms with E-state index in [2.05, 4.69) is 12.1 Å². The van der Waals surface area contributed by atoms with Crippen molar-refractivity contribution in [3.8, 4) is 11.5 Å². The van der Waals surface area contributed by atoms with Crippen molar-refractivity contribution in [3.05, 3.63) is 58.7 Å². The van der Waals surface area contributed by atoms with Crippen LogP contribution in [0.25, 0.3) is 0 Å². The second kappa shape index (κ2) is 7.14. The summed E-state index contributed by atoms with van der Waals surface area (Å²) in [6, 6.07) is 12.4. The molecule has 2 aromatic carbocycles. The number of ether oxygens (including phenoxy) is 2. The highest BCUT2D eigenvalue weighted by atomic mass is 16.5. The lowest BCUT2D eigenvalue weighted by atomic mass is 9.84. The van der Waals surface area contributed by atoms with E-state index in [9.17, 15) is 4.79 Å². The molecule has 2 aliphatic heterocycles. The van der Waals surface area contributed by atoms with E-state index in [4.69, 9.17) is 9.47 Å². The lowest BCUT2D eigenvalue weighted by molar-refractivity contribution is -0.121. The fourth-order valence-electron chi connectivity index (χ4n) is 4.00. The lowest BCUT2D eigenvalue weighted by Crippen LogP contribution is -2.18. The Morgan fingerprint density at radius 2 is 1.27 bits per heavy atom. The van der Waals surface area contributed by atoms with Crippen LogP contribution in [0.15, 0.2) is 36.4 Å². The molecule has 0 saturated heterocycles.